The van der Waals surface area contributed by atoms with E-state index in [0.717, 1.165) is 30.5 Å². The normalized spacial score (nSPS) is 14.4. The van der Waals surface area contributed by atoms with Crippen LogP contribution >= 0.6 is 11.3 Å². The van der Waals surface area contributed by atoms with Crippen molar-refractivity contribution in [1.82, 2.24) is 25.5 Å². The first-order valence-corrected chi connectivity index (χ1v) is 12.8. The molecule has 1 atom stereocenters. The summed E-state index contributed by atoms with van der Waals surface area (Å²) < 4.78 is 27.5. The SMILES string of the molecule is O=C(NC1CCCC1)C(c1cccs1)N(C(=O)Cn1nnc(-c2ccc(F)cc2)n1)c1cccc(F)c1. The zero-order valence-electron chi connectivity index (χ0n) is 19.8. The van der Waals surface area contributed by atoms with Gasteiger partial charge in [0.25, 0.3) is 5.91 Å². The van der Waals surface area contributed by atoms with Crippen LogP contribution in [0.4, 0.5) is 14.5 Å². The highest BCUT2D eigenvalue weighted by atomic mass is 32.1. The van der Waals surface area contributed by atoms with Crippen LogP contribution in [0.3, 0.4) is 0 Å². The Bertz CT molecular complexity index is 1370. The van der Waals surface area contributed by atoms with Crippen molar-refractivity contribution in [3.63, 3.8) is 0 Å². The maximum atomic E-state index is 14.3. The highest BCUT2D eigenvalue weighted by molar-refractivity contribution is 7.10. The molecule has 4 aromatic rings. The van der Waals surface area contributed by atoms with Crippen molar-refractivity contribution < 1.29 is 18.4 Å². The van der Waals surface area contributed by atoms with Crippen LogP contribution in [0.2, 0.25) is 0 Å². The van der Waals surface area contributed by atoms with E-state index in [2.05, 4.69) is 20.7 Å². The molecule has 0 aliphatic heterocycles. The summed E-state index contributed by atoms with van der Waals surface area (Å²) in [6.07, 6.45) is 3.84. The molecule has 1 aliphatic rings. The lowest BCUT2D eigenvalue weighted by Crippen LogP contribution is -2.47. The summed E-state index contributed by atoms with van der Waals surface area (Å²) in [5, 5.41) is 17.1. The number of benzene rings is 2. The Hall–Kier alpha value is -3.99. The first kappa shape index (κ1) is 24.7. The predicted octanol–water partition coefficient (Wildman–Crippen LogP) is 4.51. The van der Waals surface area contributed by atoms with E-state index in [1.165, 1.54) is 58.7 Å². The fourth-order valence-electron chi connectivity index (χ4n) is 4.46. The van der Waals surface area contributed by atoms with Gasteiger partial charge >= 0.3 is 0 Å². The number of tetrazole rings is 1. The molecule has 1 unspecified atom stereocenters. The highest BCUT2D eigenvalue weighted by Crippen LogP contribution is 2.32. The quantitative estimate of drug-likeness (QED) is 0.368. The number of nitrogens with zero attached hydrogens (tertiary/aromatic N) is 5. The van der Waals surface area contributed by atoms with Gasteiger partial charge in [-0.3, -0.25) is 14.5 Å². The van der Waals surface area contributed by atoms with Crippen molar-refractivity contribution in [3.8, 4) is 11.4 Å². The Kier molecular flexibility index (Phi) is 7.31. The minimum Gasteiger partial charge on any atom is -0.351 e. The van der Waals surface area contributed by atoms with Crippen molar-refractivity contribution in [2.24, 2.45) is 0 Å². The topological polar surface area (TPSA) is 93.0 Å². The summed E-state index contributed by atoms with van der Waals surface area (Å²) >= 11 is 1.34. The number of nitrogens with one attached hydrogen (secondary N) is 1. The molecule has 1 N–H and O–H groups in total. The first-order chi connectivity index (χ1) is 18.0. The van der Waals surface area contributed by atoms with Crippen molar-refractivity contribution in [2.75, 3.05) is 4.90 Å². The van der Waals surface area contributed by atoms with E-state index in [0.29, 0.717) is 10.4 Å². The number of anilines is 1. The molecule has 0 spiro atoms. The third-order valence-corrected chi connectivity index (χ3v) is 7.13. The van der Waals surface area contributed by atoms with Gasteiger partial charge in [-0.25, -0.2) is 8.78 Å². The van der Waals surface area contributed by atoms with Gasteiger partial charge in [-0.05, 0) is 72.0 Å². The van der Waals surface area contributed by atoms with Crippen LogP contribution in [0.15, 0.2) is 66.0 Å². The number of aromatic nitrogens is 4. The van der Waals surface area contributed by atoms with Gasteiger partial charge in [0, 0.05) is 22.2 Å². The van der Waals surface area contributed by atoms with E-state index in [9.17, 15) is 18.4 Å². The number of hydrogen-bond acceptors (Lipinski definition) is 6. The second-order valence-electron chi connectivity index (χ2n) is 8.80. The lowest BCUT2D eigenvalue weighted by Gasteiger charge is -2.31. The van der Waals surface area contributed by atoms with Crippen molar-refractivity contribution in [1.29, 1.82) is 0 Å². The number of thiophene rings is 1. The molecule has 1 aliphatic carbocycles. The maximum absolute atomic E-state index is 14.3. The van der Waals surface area contributed by atoms with Crippen molar-refractivity contribution in [3.05, 3.63) is 82.6 Å². The number of hydrogen-bond donors (Lipinski definition) is 1. The molecule has 2 amide bonds. The molecule has 2 heterocycles. The molecule has 0 bridgehead atoms. The fraction of sp³-hybridized carbons (Fsp3) is 0.269. The third-order valence-electron chi connectivity index (χ3n) is 6.21. The Morgan fingerprint density at radius 2 is 1.84 bits per heavy atom. The standard InChI is InChI=1S/C26H24F2N6O2S/c27-18-12-10-17(11-13-18)25-30-32-33(31-25)16-23(35)34(21-8-3-5-19(28)15-21)24(22-9-4-14-37-22)26(36)29-20-6-1-2-7-20/h3-5,8-15,20,24H,1-2,6-7,16H2,(H,29,36). The summed E-state index contributed by atoms with van der Waals surface area (Å²) in [6, 6.07) is 13.8. The lowest BCUT2D eigenvalue weighted by molar-refractivity contribution is -0.127. The number of carbonyl (C=O) groups excluding carboxylic acids is 2. The van der Waals surface area contributed by atoms with Crippen LogP contribution in [-0.2, 0) is 16.1 Å². The molecule has 190 valence electrons. The summed E-state index contributed by atoms with van der Waals surface area (Å²) in [7, 11) is 0. The zero-order chi connectivity index (χ0) is 25.8. The second-order valence-corrected chi connectivity index (χ2v) is 9.78. The molecule has 2 aromatic heterocycles. The molecule has 1 saturated carbocycles. The lowest BCUT2D eigenvalue weighted by atomic mass is 10.1. The van der Waals surface area contributed by atoms with Crippen LogP contribution in [0.1, 0.15) is 36.6 Å². The Labute approximate surface area is 215 Å². The Balaban J connectivity index is 1.47. The molecule has 8 nitrogen and oxygen atoms in total. The second kappa shape index (κ2) is 11.0. The molecule has 0 radical (unpaired) electrons. The Morgan fingerprint density at radius 1 is 1.05 bits per heavy atom. The zero-order valence-corrected chi connectivity index (χ0v) is 20.6. The molecule has 0 saturated heterocycles. The van der Waals surface area contributed by atoms with Gasteiger partial charge in [-0.15, -0.1) is 21.5 Å². The Morgan fingerprint density at radius 3 is 2.54 bits per heavy atom. The molecular weight excluding hydrogens is 498 g/mol. The van der Waals surface area contributed by atoms with Gasteiger partial charge in [0.15, 0.2) is 0 Å². The van der Waals surface area contributed by atoms with Gasteiger partial charge in [0.1, 0.15) is 24.2 Å². The fourth-order valence-corrected chi connectivity index (χ4v) is 5.27. The van der Waals surface area contributed by atoms with E-state index >= 15 is 0 Å². The molecule has 37 heavy (non-hydrogen) atoms. The molecule has 11 heteroatoms. The predicted molar refractivity (Wildman–Crippen MR) is 135 cm³/mol. The smallest absolute Gasteiger partial charge is 0.251 e. The van der Waals surface area contributed by atoms with Gasteiger partial charge in [0.2, 0.25) is 11.7 Å². The first-order valence-electron chi connectivity index (χ1n) is 11.9. The average Bonchev–Trinajstić information content (AvgIpc) is 3.66. The molecule has 2 aromatic carbocycles. The number of rotatable bonds is 8. The summed E-state index contributed by atoms with van der Waals surface area (Å²) in [5.74, 6) is -1.56. The molecular formula is C26H24F2N6O2S. The van der Waals surface area contributed by atoms with E-state index in [4.69, 9.17) is 0 Å². The number of amides is 2. The van der Waals surface area contributed by atoms with Gasteiger partial charge < -0.3 is 5.32 Å². The summed E-state index contributed by atoms with van der Waals surface area (Å²) in [5.41, 5.74) is 0.776. The monoisotopic (exact) mass is 522 g/mol. The number of halogens is 2. The third kappa shape index (κ3) is 5.72. The number of carbonyl (C=O) groups is 2. The van der Waals surface area contributed by atoms with E-state index < -0.39 is 23.6 Å². The largest absolute Gasteiger partial charge is 0.351 e. The summed E-state index contributed by atoms with van der Waals surface area (Å²) in [6.45, 7) is -0.344. The van der Waals surface area contributed by atoms with Crippen LogP contribution < -0.4 is 10.2 Å². The van der Waals surface area contributed by atoms with Gasteiger partial charge in [-0.2, -0.15) is 4.80 Å². The van der Waals surface area contributed by atoms with Crippen LogP contribution in [0.25, 0.3) is 11.4 Å². The summed E-state index contributed by atoms with van der Waals surface area (Å²) in [4.78, 5) is 30.4. The molecule has 5 rings (SSSR count). The van der Waals surface area contributed by atoms with Gasteiger partial charge in [0.05, 0.1) is 0 Å². The van der Waals surface area contributed by atoms with Gasteiger partial charge in [-0.1, -0.05) is 25.0 Å². The highest BCUT2D eigenvalue weighted by Gasteiger charge is 2.35. The maximum Gasteiger partial charge on any atom is 0.251 e. The van der Waals surface area contributed by atoms with Crippen molar-refractivity contribution >= 4 is 28.8 Å². The average molecular weight is 523 g/mol. The van der Waals surface area contributed by atoms with Crippen molar-refractivity contribution in [2.45, 2.75) is 44.3 Å². The van der Waals surface area contributed by atoms with E-state index in [1.54, 1.807) is 18.2 Å². The van der Waals surface area contributed by atoms with Crippen LogP contribution in [0.5, 0.6) is 0 Å². The van der Waals surface area contributed by atoms with E-state index in [-0.39, 0.29) is 30.0 Å². The van der Waals surface area contributed by atoms with E-state index in [1.807, 2.05) is 5.38 Å². The minimum atomic E-state index is -1.00. The molecule has 1 fully saturated rings. The van der Waals surface area contributed by atoms with Crippen LogP contribution in [0, 0.1) is 11.6 Å². The minimum absolute atomic E-state index is 0.0367. The van der Waals surface area contributed by atoms with Crippen LogP contribution in [-0.4, -0.2) is 38.1 Å².